The molecule has 0 radical (unpaired) electrons. The van der Waals surface area contributed by atoms with Gasteiger partial charge in [0.1, 0.15) is 6.54 Å². The van der Waals surface area contributed by atoms with Gasteiger partial charge in [0, 0.05) is 17.7 Å². The van der Waals surface area contributed by atoms with Crippen LogP contribution in [-0.4, -0.2) is 43.8 Å². The Kier molecular flexibility index (Phi) is 5.59. The van der Waals surface area contributed by atoms with Crippen LogP contribution in [-0.2, 0) is 16.6 Å². The zero-order chi connectivity index (χ0) is 19.6. The highest BCUT2D eigenvalue weighted by Crippen LogP contribution is 2.21. The number of sulfonamides is 1. The van der Waals surface area contributed by atoms with Gasteiger partial charge in [-0.3, -0.25) is 10.1 Å². The second kappa shape index (κ2) is 7.75. The van der Waals surface area contributed by atoms with Crippen LogP contribution in [0.15, 0.2) is 47.4 Å². The first-order chi connectivity index (χ1) is 12.8. The lowest BCUT2D eigenvalue weighted by atomic mass is 10.2. The molecule has 0 spiro atoms. The molecule has 7 nitrogen and oxygen atoms in total. The average molecular weight is 390 g/mol. The molecule has 0 saturated carbocycles. The molecule has 3 rings (SSSR count). The lowest BCUT2D eigenvalue weighted by Gasteiger charge is -2.32. The van der Waals surface area contributed by atoms with E-state index >= 15 is 0 Å². The molecule has 0 amide bonds. The van der Waals surface area contributed by atoms with Crippen LogP contribution in [0, 0.1) is 24.0 Å². The summed E-state index contributed by atoms with van der Waals surface area (Å²) in [7, 11) is -3.48. The summed E-state index contributed by atoms with van der Waals surface area (Å²) in [6.45, 7) is 6.81. The highest BCUT2D eigenvalue weighted by atomic mass is 32.2. The molecule has 0 atom stereocenters. The van der Waals surface area contributed by atoms with Crippen LogP contribution in [0.25, 0.3) is 0 Å². The first-order valence-corrected chi connectivity index (χ1v) is 10.4. The Morgan fingerprint density at radius 1 is 1.07 bits per heavy atom. The van der Waals surface area contributed by atoms with Gasteiger partial charge in [0.25, 0.3) is 5.69 Å². The van der Waals surface area contributed by atoms with Crippen molar-refractivity contribution in [2.24, 2.45) is 0 Å². The summed E-state index contributed by atoms with van der Waals surface area (Å²) < 4.78 is 27.5. The van der Waals surface area contributed by atoms with E-state index in [1.54, 1.807) is 22.5 Å². The fourth-order valence-electron chi connectivity index (χ4n) is 3.37. The zero-order valence-electron chi connectivity index (χ0n) is 15.5. The number of hydrogen-bond acceptors (Lipinski definition) is 4. The number of nitrogens with zero attached hydrogens (tertiary/aromatic N) is 2. The largest absolute Gasteiger partial charge is 0.329 e. The van der Waals surface area contributed by atoms with Gasteiger partial charge in [0.2, 0.25) is 10.0 Å². The van der Waals surface area contributed by atoms with Crippen molar-refractivity contribution in [3.05, 3.63) is 69.3 Å². The minimum absolute atomic E-state index is 0.0817. The minimum Gasteiger partial charge on any atom is -0.329 e. The lowest BCUT2D eigenvalue weighted by molar-refractivity contribution is -0.917. The van der Waals surface area contributed by atoms with Crippen LogP contribution in [0.5, 0.6) is 0 Å². The number of quaternary nitrogens is 1. The minimum atomic E-state index is -3.48. The topological polar surface area (TPSA) is 85.0 Å². The summed E-state index contributed by atoms with van der Waals surface area (Å²) >= 11 is 0. The molecule has 1 fully saturated rings. The third kappa shape index (κ3) is 4.35. The van der Waals surface area contributed by atoms with Gasteiger partial charge < -0.3 is 4.90 Å². The summed E-state index contributed by atoms with van der Waals surface area (Å²) in [5.74, 6) is 0. The van der Waals surface area contributed by atoms with Gasteiger partial charge in [0.15, 0.2) is 0 Å². The number of aryl methyl sites for hydroxylation is 2. The molecule has 1 aliphatic rings. The molecule has 1 N–H and O–H groups in total. The molecule has 2 aromatic carbocycles. The number of hydrogen-bond donors (Lipinski definition) is 1. The molecule has 8 heteroatoms. The van der Waals surface area contributed by atoms with E-state index in [1.807, 2.05) is 26.0 Å². The summed E-state index contributed by atoms with van der Waals surface area (Å²) in [5, 5.41) is 10.7. The summed E-state index contributed by atoms with van der Waals surface area (Å²) in [4.78, 5) is 12.0. The van der Waals surface area contributed by atoms with E-state index in [-0.39, 0.29) is 5.69 Å². The van der Waals surface area contributed by atoms with Crippen molar-refractivity contribution in [1.82, 2.24) is 4.31 Å². The Morgan fingerprint density at radius 2 is 1.70 bits per heavy atom. The Bertz CT molecular complexity index is 934. The van der Waals surface area contributed by atoms with E-state index in [9.17, 15) is 18.5 Å². The molecule has 27 heavy (non-hydrogen) atoms. The number of nitro groups is 1. The van der Waals surface area contributed by atoms with Crippen LogP contribution in [0.3, 0.4) is 0 Å². The van der Waals surface area contributed by atoms with Gasteiger partial charge in [-0.2, -0.15) is 4.31 Å². The van der Waals surface area contributed by atoms with Crippen LogP contribution < -0.4 is 4.90 Å². The van der Waals surface area contributed by atoms with Crippen LogP contribution >= 0.6 is 0 Å². The predicted molar refractivity (Wildman–Crippen MR) is 102 cm³/mol. The number of piperazine rings is 1. The summed E-state index contributed by atoms with van der Waals surface area (Å²) in [5.41, 5.74) is 2.79. The van der Waals surface area contributed by atoms with Crippen molar-refractivity contribution in [2.45, 2.75) is 25.3 Å². The zero-order valence-corrected chi connectivity index (χ0v) is 16.3. The Hall–Kier alpha value is -2.29. The van der Waals surface area contributed by atoms with Crippen molar-refractivity contribution in [3.63, 3.8) is 0 Å². The highest BCUT2D eigenvalue weighted by Gasteiger charge is 2.31. The quantitative estimate of drug-likeness (QED) is 0.616. The normalized spacial score (nSPS) is 16.4. The van der Waals surface area contributed by atoms with Crippen molar-refractivity contribution < 1.29 is 18.2 Å². The first kappa shape index (κ1) is 19.5. The average Bonchev–Trinajstić information content (AvgIpc) is 2.64. The third-order valence-corrected chi connectivity index (χ3v) is 7.03. The SMILES string of the molecule is Cc1ccc(C)c(S(=O)(=O)N2CC[NH+](Cc3ccc([N+](=O)[O-])cc3)CC2)c1. The van der Waals surface area contributed by atoms with E-state index in [0.717, 1.165) is 23.2 Å². The molecule has 0 aliphatic carbocycles. The molecule has 0 bridgehead atoms. The molecular weight excluding hydrogens is 366 g/mol. The Labute approximate surface area is 159 Å². The lowest BCUT2D eigenvalue weighted by Crippen LogP contribution is -3.13. The van der Waals surface area contributed by atoms with Gasteiger partial charge in [0.05, 0.1) is 36.0 Å². The molecule has 144 valence electrons. The second-order valence-corrected chi connectivity index (χ2v) is 8.93. The number of nitro benzene ring substituents is 1. The Balaban J connectivity index is 1.64. The van der Waals surface area contributed by atoms with Crippen molar-refractivity contribution in [2.75, 3.05) is 26.2 Å². The molecule has 1 heterocycles. The standard InChI is InChI=1S/C19H23N3O4S/c1-15-3-4-16(2)19(13-15)27(25,26)21-11-9-20(10-12-21)14-17-5-7-18(8-6-17)22(23)24/h3-8,13H,9-12,14H2,1-2H3/p+1. The molecule has 0 aromatic heterocycles. The van der Waals surface area contributed by atoms with Crippen molar-refractivity contribution in [3.8, 4) is 0 Å². The van der Waals surface area contributed by atoms with Gasteiger partial charge >= 0.3 is 0 Å². The molecule has 1 aliphatic heterocycles. The van der Waals surface area contributed by atoms with E-state index < -0.39 is 14.9 Å². The summed E-state index contributed by atoms with van der Waals surface area (Å²) in [6, 6.07) is 12.1. The third-order valence-electron chi connectivity index (χ3n) is 4.99. The molecule has 1 saturated heterocycles. The highest BCUT2D eigenvalue weighted by molar-refractivity contribution is 7.89. The van der Waals surface area contributed by atoms with Crippen molar-refractivity contribution in [1.29, 1.82) is 0 Å². The second-order valence-electron chi connectivity index (χ2n) is 7.02. The predicted octanol–water partition coefficient (Wildman–Crippen LogP) is 1.30. The molecule has 2 aromatic rings. The van der Waals surface area contributed by atoms with Gasteiger partial charge in [-0.05, 0) is 43.2 Å². The maximum absolute atomic E-state index is 13.0. The van der Waals surface area contributed by atoms with Crippen molar-refractivity contribution >= 4 is 15.7 Å². The van der Waals surface area contributed by atoms with Gasteiger partial charge in [-0.15, -0.1) is 0 Å². The maximum atomic E-state index is 13.0. The van der Waals surface area contributed by atoms with Crippen LogP contribution in [0.4, 0.5) is 5.69 Å². The smallest absolute Gasteiger partial charge is 0.269 e. The maximum Gasteiger partial charge on any atom is 0.269 e. The first-order valence-electron chi connectivity index (χ1n) is 8.91. The molecular formula is C19H24N3O4S+. The van der Waals surface area contributed by atoms with Gasteiger partial charge in [-0.25, -0.2) is 8.42 Å². The van der Waals surface area contributed by atoms with E-state index in [0.29, 0.717) is 31.1 Å². The number of non-ortho nitro benzene ring substituents is 1. The van der Waals surface area contributed by atoms with Gasteiger partial charge in [-0.1, -0.05) is 12.1 Å². The molecule has 0 unspecified atom stereocenters. The number of benzene rings is 2. The number of nitrogens with one attached hydrogen (secondary N) is 1. The monoisotopic (exact) mass is 390 g/mol. The number of rotatable bonds is 5. The van der Waals surface area contributed by atoms with E-state index in [1.165, 1.54) is 17.0 Å². The van der Waals surface area contributed by atoms with Crippen LogP contribution in [0.1, 0.15) is 16.7 Å². The fourth-order valence-corrected chi connectivity index (χ4v) is 5.12. The van der Waals surface area contributed by atoms with E-state index in [4.69, 9.17) is 0 Å². The Morgan fingerprint density at radius 3 is 2.30 bits per heavy atom. The summed E-state index contributed by atoms with van der Waals surface area (Å²) in [6.07, 6.45) is 0. The fraction of sp³-hybridized carbons (Fsp3) is 0.368. The van der Waals surface area contributed by atoms with E-state index in [2.05, 4.69) is 0 Å². The van der Waals surface area contributed by atoms with Crippen LogP contribution in [0.2, 0.25) is 0 Å².